The molecule has 0 fully saturated rings. The van der Waals surface area contributed by atoms with E-state index in [1.807, 2.05) is 19.9 Å². The van der Waals surface area contributed by atoms with Gasteiger partial charge in [-0.2, -0.15) is 0 Å². The predicted molar refractivity (Wildman–Crippen MR) is 141 cm³/mol. The summed E-state index contributed by atoms with van der Waals surface area (Å²) >= 11 is 0. The monoisotopic (exact) mass is 406 g/mol. The summed E-state index contributed by atoms with van der Waals surface area (Å²) < 4.78 is 0. The highest BCUT2D eigenvalue weighted by Crippen LogP contribution is 2.29. The minimum Gasteiger partial charge on any atom is -0.103 e. The van der Waals surface area contributed by atoms with Crippen LogP contribution in [0.2, 0.25) is 0 Å². The molecule has 2 aromatic carbocycles. The molecule has 0 heteroatoms. The molecule has 0 heterocycles. The largest absolute Gasteiger partial charge is 0.103 e. The maximum atomic E-state index is 3.92. The van der Waals surface area contributed by atoms with Gasteiger partial charge in [-0.15, -0.1) is 6.58 Å². The van der Waals surface area contributed by atoms with Crippen LogP contribution in [0.5, 0.6) is 0 Å². The quantitative estimate of drug-likeness (QED) is 0.444. The number of hydrogen-bond acceptors (Lipinski definition) is 0. The Balaban J connectivity index is 0.00000166. The number of benzene rings is 2. The van der Waals surface area contributed by atoms with Gasteiger partial charge in [0, 0.05) is 0 Å². The van der Waals surface area contributed by atoms with E-state index < -0.39 is 0 Å². The molecule has 0 aliphatic heterocycles. The second kappa shape index (κ2) is 13.0. The minimum absolute atomic E-state index is 0.862. The lowest BCUT2D eigenvalue weighted by Crippen LogP contribution is -1.90. The molecule has 0 spiro atoms. The Morgan fingerprint density at radius 2 is 1.61 bits per heavy atom. The van der Waals surface area contributed by atoms with E-state index in [4.69, 9.17) is 0 Å². The lowest BCUT2D eigenvalue weighted by atomic mass is 9.93. The molecule has 2 aromatic rings. The van der Waals surface area contributed by atoms with Crippen molar-refractivity contribution in [1.82, 2.24) is 0 Å². The van der Waals surface area contributed by atoms with Gasteiger partial charge in [0.15, 0.2) is 0 Å². The highest BCUT2D eigenvalue weighted by atomic mass is 14.1. The number of allylic oxidation sites excluding steroid dienone is 15. The zero-order valence-electron chi connectivity index (χ0n) is 19.3. The van der Waals surface area contributed by atoms with Gasteiger partial charge in [-0.25, -0.2) is 0 Å². The molecule has 0 saturated heterocycles. The Morgan fingerprint density at radius 3 is 2.39 bits per heavy atom. The van der Waals surface area contributed by atoms with Gasteiger partial charge >= 0.3 is 0 Å². The molecule has 0 N–H and O–H groups in total. The lowest BCUT2D eigenvalue weighted by Gasteiger charge is -2.11. The summed E-state index contributed by atoms with van der Waals surface area (Å²) in [5.74, 6) is 0. The first-order valence-electron chi connectivity index (χ1n) is 11.1. The summed E-state index contributed by atoms with van der Waals surface area (Å²) in [4.78, 5) is 0. The fourth-order valence-corrected chi connectivity index (χ4v) is 3.46. The van der Waals surface area contributed by atoms with Crippen molar-refractivity contribution >= 4 is 16.3 Å². The van der Waals surface area contributed by atoms with E-state index in [2.05, 4.69) is 124 Å². The maximum absolute atomic E-state index is 3.92. The lowest BCUT2D eigenvalue weighted by molar-refractivity contribution is 1.28. The summed E-state index contributed by atoms with van der Waals surface area (Å²) in [5, 5.41) is 2.52. The molecule has 0 aromatic heterocycles. The van der Waals surface area contributed by atoms with Crippen LogP contribution in [0.4, 0.5) is 0 Å². The van der Waals surface area contributed by atoms with Crippen molar-refractivity contribution in [3.63, 3.8) is 0 Å². The molecule has 0 bridgehead atoms. The zero-order valence-corrected chi connectivity index (χ0v) is 19.3. The van der Waals surface area contributed by atoms with Crippen LogP contribution < -0.4 is 0 Å². The minimum atomic E-state index is 0.862. The fraction of sp³-hybridized carbons (Fsp3) is 0.161. The Hall–Kier alpha value is -3.38. The van der Waals surface area contributed by atoms with Crippen molar-refractivity contribution in [2.75, 3.05) is 0 Å². The van der Waals surface area contributed by atoms with Crippen LogP contribution in [-0.2, 0) is 6.42 Å². The molecule has 1 aliphatic rings. The predicted octanol–water partition coefficient (Wildman–Crippen LogP) is 9.11. The fourth-order valence-electron chi connectivity index (χ4n) is 3.46. The van der Waals surface area contributed by atoms with Gasteiger partial charge < -0.3 is 0 Å². The molecular weight excluding hydrogens is 372 g/mol. The van der Waals surface area contributed by atoms with E-state index >= 15 is 0 Å². The van der Waals surface area contributed by atoms with Crippen molar-refractivity contribution in [2.45, 2.75) is 34.1 Å². The molecule has 0 saturated carbocycles. The van der Waals surface area contributed by atoms with Crippen LogP contribution in [0.25, 0.3) is 16.3 Å². The van der Waals surface area contributed by atoms with Gasteiger partial charge in [0.2, 0.25) is 0 Å². The average molecular weight is 407 g/mol. The first-order chi connectivity index (χ1) is 15.2. The smallest absolute Gasteiger partial charge is 0.00997 e. The van der Waals surface area contributed by atoms with Crippen molar-refractivity contribution < 1.29 is 0 Å². The number of hydrogen-bond donors (Lipinski definition) is 0. The van der Waals surface area contributed by atoms with E-state index in [-0.39, 0.29) is 0 Å². The molecule has 0 amide bonds. The van der Waals surface area contributed by atoms with Gasteiger partial charge in [0.25, 0.3) is 0 Å². The highest BCUT2D eigenvalue weighted by molar-refractivity contribution is 5.97. The molecule has 0 radical (unpaired) electrons. The van der Waals surface area contributed by atoms with E-state index in [1.165, 1.54) is 38.6 Å². The van der Waals surface area contributed by atoms with E-state index in [9.17, 15) is 0 Å². The number of fused-ring (bicyclic) bond motifs is 1. The van der Waals surface area contributed by atoms with Crippen LogP contribution in [0.15, 0.2) is 127 Å². The van der Waals surface area contributed by atoms with Crippen LogP contribution >= 0.6 is 0 Å². The first-order valence-corrected chi connectivity index (χ1v) is 11.1. The molecule has 0 nitrogen and oxygen atoms in total. The molecule has 3 rings (SSSR count). The van der Waals surface area contributed by atoms with Gasteiger partial charge in [-0.3, -0.25) is 0 Å². The topological polar surface area (TPSA) is 0 Å². The summed E-state index contributed by atoms with van der Waals surface area (Å²) in [6, 6.07) is 13.2. The van der Waals surface area contributed by atoms with Crippen LogP contribution in [0, 0.1) is 0 Å². The molecule has 0 atom stereocenters. The third kappa shape index (κ3) is 6.83. The Bertz CT molecular complexity index is 1090. The summed E-state index contributed by atoms with van der Waals surface area (Å²) in [6.45, 7) is 12.1. The molecular formula is C31H34. The first kappa shape index (κ1) is 23.9. The third-order valence-corrected chi connectivity index (χ3v) is 4.92. The second-order valence-electron chi connectivity index (χ2n) is 7.08. The second-order valence-corrected chi connectivity index (χ2v) is 7.08. The SMILES string of the molecule is C=CCc1cc(C2=C/C=C(/C=C\C)C(\C)=C/C=C/C=C/C=C\2)c2ccccc2c1.CC. The van der Waals surface area contributed by atoms with Crippen LogP contribution in [0.3, 0.4) is 0 Å². The van der Waals surface area contributed by atoms with Gasteiger partial charge in [-0.05, 0) is 58.9 Å². The van der Waals surface area contributed by atoms with E-state index in [0.717, 1.165) is 6.42 Å². The standard InChI is InChI=1S/C29H28.C2H6/c1-4-13-24-21-27-17-11-12-18-28(27)29(22-24)26-16-10-8-6-7-9-15-23(3)25(14-5-2)19-20-26;1-2/h4-12,14-22H,1,13H2,2-3H3;1-2H3/b7-6?,8-6+,9-7+,10-8?,14-5-,15-9?,16-10-,20-19?,23-15-,25-19-,25-23?,26-16?,26-20+;. The zero-order chi connectivity index (χ0) is 22.5. The average Bonchev–Trinajstić information content (AvgIpc) is 2.79. The van der Waals surface area contributed by atoms with Crippen LogP contribution in [0.1, 0.15) is 38.8 Å². The Morgan fingerprint density at radius 1 is 0.871 bits per heavy atom. The summed E-state index contributed by atoms with van der Waals surface area (Å²) in [5.41, 5.74) is 6.16. The van der Waals surface area contributed by atoms with Gasteiger partial charge in [0.1, 0.15) is 0 Å². The molecule has 1 aliphatic carbocycles. The number of rotatable bonds is 4. The van der Waals surface area contributed by atoms with Crippen molar-refractivity contribution in [3.05, 3.63) is 138 Å². The summed E-state index contributed by atoms with van der Waals surface area (Å²) in [7, 11) is 0. The third-order valence-electron chi connectivity index (χ3n) is 4.92. The van der Waals surface area contributed by atoms with E-state index in [1.54, 1.807) is 0 Å². The molecule has 31 heavy (non-hydrogen) atoms. The van der Waals surface area contributed by atoms with Crippen LogP contribution in [-0.4, -0.2) is 0 Å². The van der Waals surface area contributed by atoms with Gasteiger partial charge in [0.05, 0.1) is 0 Å². The van der Waals surface area contributed by atoms with E-state index in [0.29, 0.717) is 0 Å². The Labute approximate surface area is 188 Å². The summed E-state index contributed by atoms with van der Waals surface area (Å²) in [6.07, 6.45) is 26.2. The molecule has 0 unspecified atom stereocenters. The molecule has 158 valence electrons. The van der Waals surface area contributed by atoms with Crippen molar-refractivity contribution in [2.24, 2.45) is 0 Å². The van der Waals surface area contributed by atoms with Crippen molar-refractivity contribution in [1.29, 1.82) is 0 Å². The normalized spacial score (nSPS) is 22.3. The van der Waals surface area contributed by atoms with Crippen molar-refractivity contribution in [3.8, 4) is 0 Å². The van der Waals surface area contributed by atoms with Gasteiger partial charge in [-0.1, -0.05) is 123 Å². The Kier molecular flexibility index (Phi) is 10.0. The highest BCUT2D eigenvalue weighted by Gasteiger charge is 2.07. The maximum Gasteiger partial charge on any atom is -0.00997 e.